The number of rotatable bonds is 4. The minimum absolute atomic E-state index is 0.0493. The Hall–Kier alpha value is -1.89. The first-order valence-corrected chi connectivity index (χ1v) is 9.17. The molecule has 1 aromatic rings. The molecular formula is C17H22N2O4S. The van der Waals surface area contributed by atoms with E-state index in [0.717, 1.165) is 30.6 Å². The molecule has 0 spiro atoms. The zero-order chi connectivity index (χ0) is 17.3. The van der Waals surface area contributed by atoms with E-state index >= 15 is 0 Å². The van der Waals surface area contributed by atoms with Crippen LogP contribution in [0.25, 0.3) is 0 Å². The molecule has 1 saturated heterocycles. The number of nitrogens with zero attached hydrogens (tertiary/aromatic N) is 1. The van der Waals surface area contributed by atoms with Crippen LogP contribution in [0.15, 0.2) is 12.1 Å². The molecule has 0 aromatic carbocycles. The van der Waals surface area contributed by atoms with E-state index in [1.807, 2.05) is 6.07 Å². The van der Waals surface area contributed by atoms with Crippen molar-refractivity contribution in [1.82, 2.24) is 10.2 Å². The lowest BCUT2D eigenvalue weighted by Gasteiger charge is -2.32. The van der Waals surface area contributed by atoms with Gasteiger partial charge in [-0.15, -0.1) is 11.3 Å². The first-order chi connectivity index (χ1) is 11.5. The normalized spacial score (nSPS) is 26.0. The molecule has 0 bridgehead atoms. The second-order valence-electron chi connectivity index (χ2n) is 6.59. The number of hydrogen-bond donors (Lipinski definition) is 2. The Kier molecular flexibility index (Phi) is 4.89. The highest BCUT2D eigenvalue weighted by atomic mass is 32.1. The van der Waals surface area contributed by atoms with E-state index in [1.54, 1.807) is 11.0 Å². The second kappa shape index (κ2) is 6.93. The summed E-state index contributed by atoms with van der Waals surface area (Å²) in [5.74, 6) is -0.905. The monoisotopic (exact) mass is 350 g/mol. The summed E-state index contributed by atoms with van der Waals surface area (Å²) < 4.78 is 0. The third-order valence-electron chi connectivity index (χ3n) is 4.99. The van der Waals surface area contributed by atoms with Gasteiger partial charge < -0.3 is 15.3 Å². The number of thiophene rings is 1. The largest absolute Gasteiger partial charge is 0.480 e. The van der Waals surface area contributed by atoms with Crippen molar-refractivity contribution in [3.05, 3.63) is 21.9 Å². The van der Waals surface area contributed by atoms with E-state index in [2.05, 4.69) is 5.32 Å². The second-order valence-corrected chi connectivity index (χ2v) is 7.76. The lowest BCUT2D eigenvalue weighted by atomic mass is 9.85. The maximum absolute atomic E-state index is 13.0. The molecule has 3 atom stereocenters. The lowest BCUT2D eigenvalue weighted by Crippen LogP contribution is -2.46. The Morgan fingerprint density at radius 3 is 2.75 bits per heavy atom. The van der Waals surface area contributed by atoms with E-state index in [4.69, 9.17) is 0 Å². The number of likely N-dealkylation sites (tertiary alicyclic amines) is 1. The highest BCUT2D eigenvalue weighted by Crippen LogP contribution is 2.41. The van der Waals surface area contributed by atoms with Crippen LogP contribution < -0.4 is 5.32 Å². The number of hydrogen-bond acceptors (Lipinski definition) is 4. The van der Waals surface area contributed by atoms with Crippen molar-refractivity contribution < 1.29 is 19.5 Å². The molecule has 2 fully saturated rings. The van der Waals surface area contributed by atoms with Gasteiger partial charge in [0, 0.05) is 17.8 Å². The standard InChI is InChI=1S/C17H22N2O4S/c1-10(20)18-9-12-6-7-15(24-12)16(21)19-13-5-3-2-4-11(13)8-14(19)17(22)23/h6-7,11,13-14H,2-5,8-9H2,1H3,(H,18,20)(H,22,23)/t11-,13-,14+/m1/s1. The molecule has 6 nitrogen and oxygen atoms in total. The molecule has 1 aliphatic heterocycles. The molecule has 24 heavy (non-hydrogen) atoms. The molecule has 2 amide bonds. The maximum Gasteiger partial charge on any atom is 0.326 e. The number of fused-ring (bicyclic) bond motifs is 1. The Morgan fingerprint density at radius 2 is 2.04 bits per heavy atom. The van der Waals surface area contributed by atoms with Crippen LogP contribution in [0.3, 0.4) is 0 Å². The zero-order valence-corrected chi connectivity index (χ0v) is 14.5. The summed E-state index contributed by atoms with van der Waals surface area (Å²) >= 11 is 1.32. The van der Waals surface area contributed by atoms with Crippen molar-refractivity contribution in [1.29, 1.82) is 0 Å². The minimum Gasteiger partial charge on any atom is -0.480 e. The smallest absolute Gasteiger partial charge is 0.326 e. The number of nitrogens with one attached hydrogen (secondary N) is 1. The fourth-order valence-electron chi connectivity index (χ4n) is 3.90. The van der Waals surface area contributed by atoms with Gasteiger partial charge in [0.15, 0.2) is 0 Å². The summed E-state index contributed by atoms with van der Waals surface area (Å²) in [6, 6.07) is 2.89. The summed E-state index contributed by atoms with van der Waals surface area (Å²) in [6.07, 6.45) is 4.64. The maximum atomic E-state index is 13.0. The summed E-state index contributed by atoms with van der Waals surface area (Å²) in [5, 5.41) is 12.2. The molecule has 2 heterocycles. The number of aliphatic carboxylic acids is 1. The summed E-state index contributed by atoms with van der Waals surface area (Å²) in [5.41, 5.74) is 0. The van der Waals surface area contributed by atoms with Crippen molar-refractivity contribution >= 4 is 29.1 Å². The predicted octanol–water partition coefficient (Wildman–Crippen LogP) is 2.24. The molecule has 130 valence electrons. The predicted molar refractivity (Wildman–Crippen MR) is 89.8 cm³/mol. The number of carboxylic acid groups (broad SMARTS) is 1. The highest BCUT2D eigenvalue weighted by Gasteiger charge is 2.47. The Bertz CT molecular complexity index is 657. The lowest BCUT2D eigenvalue weighted by molar-refractivity contribution is -0.141. The number of carbonyl (C=O) groups excluding carboxylic acids is 2. The van der Waals surface area contributed by atoms with Gasteiger partial charge in [-0.25, -0.2) is 4.79 Å². The average Bonchev–Trinajstić information content (AvgIpc) is 3.17. The third kappa shape index (κ3) is 3.31. The van der Waals surface area contributed by atoms with Gasteiger partial charge in [-0.3, -0.25) is 9.59 Å². The SMILES string of the molecule is CC(=O)NCc1ccc(C(=O)N2[C@@H]3CCCC[C@@H]3C[C@H]2C(=O)O)s1. The first kappa shape index (κ1) is 17.0. The molecule has 2 N–H and O–H groups in total. The molecule has 1 saturated carbocycles. The van der Waals surface area contributed by atoms with Crippen molar-refractivity contribution in [2.45, 2.75) is 57.7 Å². The highest BCUT2D eigenvalue weighted by molar-refractivity contribution is 7.14. The third-order valence-corrected chi connectivity index (χ3v) is 6.06. The van der Waals surface area contributed by atoms with E-state index in [1.165, 1.54) is 18.3 Å². The van der Waals surface area contributed by atoms with Gasteiger partial charge >= 0.3 is 5.97 Å². The van der Waals surface area contributed by atoms with Crippen LogP contribution in [0, 0.1) is 5.92 Å². The molecular weight excluding hydrogens is 328 g/mol. The van der Waals surface area contributed by atoms with Crippen molar-refractivity contribution in [3.63, 3.8) is 0 Å². The summed E-state index contributed by atoms with van der Waals surface area (Å²) in [6.45, 7) is 1.84. The van der Waals surface area contributed by atoms with Crippen molar-refractivity contribution in [2.75, 3.05) is 0 Å². The molecule has 0 radical (unpaired) electrons. The van der Waals surface area contributed by atoms with Crippen LogP contribution in [-0.4, -0.2) is 39.9 Å². The fourth-order valence-corrected chi connectivity index (χ4v) is 4.79. The van der Waals surface area contributed by atoms with Gasteiger partial charge in [-0.05, 0) is 37.3 Å². The number of amides is 2. The van der Waals surface area contributed by atoms with Gasteiger partial charge in [0.25, 0.3) is 5.91 Å². The topological polar surface area (TPSA) is 86.7 Å². The first-order valence-electron chi connectivity index (χ1n) is 8.36. The molecule has 0 unspecified atom stereocenters. The molecule has 7 heteroatoms. The van der Waals surface area contributed by atoms with Gasteiger partial charge in [0.2, 0.25) is 5.91 Å². The summed E-state index contributed by atoms with van der Waals surface area (Å²) in [7, 11) is 0. The van der Waals surface area contributed by atoms with Crippen molar-refractivity contribution in [3.8, 4) is 0 Å². The fraction of sp³-hybridized carbons (Fsp3) is 0.588. The Labute approximate surface area is 144 Å². The zero-order valence-electron chi connectivity index (χ0n) is 13.7. The van der Waals surface area contributed by atoms with Crippen LogP contribution in [-0.2, 0) is 16.1 Å². The van der Waals surface area contributed by atoms with Crippen LogP contribution in [0.2, 0.25) is 0 Å². The summed E-state index contributed by atoms with van der Waals surface area (Å²) in [4.78, 5) is 38.6. The van der Waals surface area contributed by atoms with Gasteiger partial charge in [0.05, 0.1) is 11.4 Å². The van der Waals surface area contributed by atoms with Gasteiger partial charge in [0.1, 0.15) is 6.04 Å². The molecule has 3 rings (SSSR count). The van der Waals surface area contributed by atoms with Crippen LogP contribution in [0.5, 0.6) is 0 Å². The van der Waals surface area contributed by atoms with E-state index in [0.29, 0.717) is 23.8 Å². The van der Waals surface area contributed by atoms with Gasteiger partial charge in [-0.1, -0.05) is 12.8 Å². The van der Waals surface area contributed by atoms with Crippen molar-refractivity contribution in [2.24, 2.45) is 5.92 Å². The van der Waals surface area contributed by atoms with E-state index in [9.17, 15) is 19.5 Å². The van der Waals surface area contributed by atoms with E-state index in [-0.39, 0.29) is 17.9 Å². The Morgan fingerprint density at radius 1 is 1.29 bits per heavy atom. The Balaban J connectivity index is 1.79. The molecule has 1 aliphatic carbocycles. The number of carbonyl (C=O) groups is 3. The van der Waals surface area contributed by atoms with Crippen LogP contribution in [0.4, 0.5) is 0 Å². The number of carboxylic acids is 1. The van der Waals surface area contributed by atoms with Crippen LogP contribution >= 0.6 is 11.3 Å². The minimum atomic E-state index is -0.909. The average molecular weight is 350 g/mol. The molecule has 2 aliphatic rings. The molecule has 1 aromatic heterocycles. The quantitative estimate of drug-likeness (QED) is 0.872. The van der Waals surface area contributed by atoms with Gasteiger partial charge in [-0.2, -0.15) is 0 Å². The van der Waals surface area contributed by atoms with Crippen LogP contribution in [0.1, 0.15) is 53.6 Å². The van der Waals surface area contributed by atoms with E-state index < -0.39 is 12.0 Å².